The summed E-state index contributed by atoms with van der Waals surface area (Å²) in [5.74, 6) is 0. The SMILES string of the molecule is N[C@H](CCO)Cc1ccccc1. The summed E-state index contributed by atoms with van der Waals surface area (Å²) < 4.78 is 0. The fraction of sp³-hybridized carbons (Fsp3) is 0.400. The number of aliphatic hydroxyl groups excluding tert-OH is 1. The van der Waals surface area contributed by atoms with E-state index in [1.807, 2.05) is 18.2 Å². The second-order valence-corrected chi connectivity index (χ2v) is 2.96. The molecule has 0 aliphatic rings. The third-order valence-corrected chi connectivity index (χ3v) is 1.84. The Kier molecular flexibility index (Phi) is 3.77. The molecule has 1 rings (SSSR count). The normalized spacial score (nSPS) is 12.8. The first kappa shape index (κ1) is 9.23. The van der Waals surface area contributed by atoms with E-state index in [0.29, 0.717) is 6.42 Å². The van der Waals surface area contributed by atoms with Crippen LogP contribution in [0, 0.1) is 0 Å². The molecule has 2 heteroatoms. The number of benzene rings is 1. The molecule has 0 bridgehead atoms. The zero-order valence-electron chi connectivity index (χ0n) is 7.11. The van der Waals surface area contributed by atoms with Gasteiger partial charge in [-0.05, 0) is 18.4 Å². The van der Waals surface area contributed by atoms with E-state index in [1.165, 1.54) is 5.56 Å². The Morgan fingerprint density at radius 2 is 1.92 bits per heavy atom. The molecule has 2 nitrogen and oxygen atoms in total. The molecular weight excluding hydrogens is 150 g/mol. The highest BCUT2D eigenvalue weighted by Gasteiger charge is 2.01. The summed E-state index contributed by atoms with van der Waals surface area (Å²) in [4.78, 5) is 0. The van der Waals surface area contributed by atoms with E-state index in [-0.39, 0.29) is 12.6 Å². The van der Waals surface area contributed by atoms with Crippen molar-refractivity contribution in [3.05, 3.63) is 35.9 Å². The Labute approximate surface area is 73.0 Å². The van der Waals surface area contributed by atoms with Crippen LogP contribution >= 0.6 is 0 Å². The minimum absolute atomic E-state index is 0.0809. The predicted molar refractivity (Wildman–Crippen MR) is 49.8 cm³/mol. The molecule has 0 aromatic heterocycles. The lowest BCUT2D eigenvalue weighted by atomic mass is 10.0. The van der Waals surface area contributed by atoms with Crippen molar-refractivity contribution >= 4 is 0 Å². The molecule has 0 aliphatic heterocycles. The average molecular weight is 165 g/mol. The standard InChI is InChI=1S/C10H15NO/c11-10(6-7-12)8-9-4-2-1-3-5-9/h1-5,10,12H,6-8,11H2/t10-/m1/s1. The lowest BCUT2D eigenvalue weighted by Crippen LogP contribution is -2.23. The first-order chi connectivity index (χ1) is 5.83. The van der Waals surface area contributed by atoms with Gasteiger partial charge in [0.15, 0.2) is 0 Å². The Morgan fingerprint density at radius 3 is 2.50 bits per heavy atom. The Hall–Kier alpha value is -0.860. The van der Waals surface area contributed by atoms with Crippen molar-refractivity contribution in [1.29, 1.82) is 0 Å². The monoisotopic (exact) mass is 165 g/mol. The smallest absolute Gasteiger partial charge is 0.0445 e. The number of nitrogens with two attached hydrogens (primary N) is 1. The highest BCUT2D eigenvalue weighted by Crippen LogP contribution is 2.03. The van der Waals surface area contributed by atoms with Gasteiger partial charge < -0.3 is 10.8 Å². The third-order valence-electron chi connectivity index (χ3n) is 1.84. The van der Waals surface area contributed by atoms with Gasteiger partial charge in [-0.15, -0.1) is 0 Å². The van der Waals surface area contributed by atoms with Crippen LogP contribution in [0.4, 0.5) is 0 Å². The molecule has 3 N–H and O–H groups in total. The molecule has 0 saturated carbocycles. The van der Waals surface area contributed by atoms with Crippen LogP contribution in [0.2, 0.25) is 0 Å². The molecule has 0 amide bonds. The van der Waals surface area contributed by atoms with Crippen molar-refractivity contribution < 1.29 is 5.11 Å². The summed E-state index contributed by atoms with van der Waals surface area (Å²) in [6.07, 6.45) is 1.52. The van der Waals surface area contributed by atoms with Gasteiger partial charge in [0.2, 0.25) is 0 Å². The minimum atomic E-state index is 0.0809. The first-order valence-electron chi connectivity index (χ1n) is 4.23. The summed E-state index contributed by atoms with van der Waals surface area (Å²) in [7, 11) is 0. The summed E-state index contributed by atoms with van der Waals surface area (Å²) in [5, 5.41) is 8.63. The van der Waals surface area contributed by atoms with Gasteiger partial charge in [0.25, 0.3) is 0 Å². The maximum Gasteiger partial charge on any atom is 0.0445 e. The van der Waals surface area contributed by atoms with E-state index in [1.54, 1.807) is 0 Å². The van der Waals surface area contributed by atoms with Gasteiger partial charge in [0, 0.05) is 12.6 Å². The Bertz CT molecular complexity index is 210. The molecule has 66 valence electrons. The van der Waals surface area contributed by atoms with E-state index in [2.05, 4.69) is 12.1 Å². The largest absolute Gasteiger partial charge is 0.396 e. The highest BCUT2D eigenvalue weighted by atomic mass is 16.3. The zero-order valence-corrected chi connectivity index (χ0v) is 7.11. The maximum atomic E-state index is 8.63. The molecular formula is C10H15NO. The predicted octanol–water partition coefficient (Wildman–Crippen LogP) is 0.939. The van der Waals surface area contributed by atoms with Crippen LogP contribution in [0.3, 0.4) is 0 Å². The fourth-order valence-corrected chi connectivity index (χ4v) is 1.18. The van der Waals surface area contributed by atoms with Crippen molar-refractivity contribution in [2.45, 2.75) is 18.9 Å². The zero-order chi connectivity index (χ0) is 8.81. The lowest BCUT2D eigenvalue weighted by molar-refractivity contribution is 0.275. The van der Waals surface area contributed by atoms with Crippen molar-refractivity contribution in [2.75, 3.05) is 6.61 Å². The molecule has 0 spiro atoms. The van der Waals surface area contributed by atoms with Gasteiger partial charge in [0.05, 0.1) is 0 Å². The average Bonchev–Trinajstić information content (AvgIpc) is 2.06. The van der Waals surface area contributed by atoms with Crippen LogP contribution in [0.15, 0.2) is 30.3 Å². The van der Waals surface area contributed by atoms with Gasteiger partial charge in [-0.1, -0.05) is 30.3 Å². The number of hydrogen-bond acceptors (Lipinski definition) is 2. The van der Waals surface area contributed by atoms with Crippen LogP contribution in [0.5, 0.6) is 0 Å². The van der Waals surface area contributed by atoms with Crippen LogP contribution in [-0.4, -0.2) is 17.8 Å². The van der Waals surface area contributed by atoms with E-state index >= 15 is 0 Å². The van der Waals surface area contributed by atoms with Crippen LogP contribution in [-0.2, 0) is 6.42 Å². The van der Waals surface area contributed by atoms with Crippen molar-refractivity contribution in [3.63, 3.8) is 0 Å². The molecule has 1 aromatic rings. The molecule has 0 heterocycles. The lowest BCUT2D eigenvalue weighted by Gasteiger charge is -2.08. The number of rotatable bonds is 4. The summed E-state index contributed by atoms with van der Waals surface area (Å²) in [6, 6.07) is 10.2. The highest BCUT2D eigenvalue weighted by molar-refractivity contribution is 5.15. The Balaban J connectivity index is 2.41. The van der Waals surface area contributed by atoms with Crippen molar-refractivity contribution in [2.24, 2.45) is 5.73 Å². The second kappa shape index (κ2) is 4.91. The van der Waals surface area contributed by atoms with Gasteiger partial charge >= 0.3 is 0 Å². The van der Waals surface area contributed by atoms with Gasteiger partial charge in [-0.2, -0.15) is 0 Å². The van der Waals surface area contributed by atoms with Crippen LogP contribution in [0.1, 0.15) is 12.0 Å². The second-order valence-electron chi connectivity index (χ2n) is 2.96. The molecule has 0 unspecified atom stereocenters. The quantitative estimate of drug-likeness (QED) is 0.697. The molecule has 0 saturated heterocycles. The van der Waals surface area contributed by atoms with Crippen LogP contribution < -0.4 is 5.73 Å². The van der Waals surface area contributed by atoms with E-state index in [9.17, 15) is 0 Å². The van der Waals surface area contributed by atoms with Crippen molar-refractivity contribution in [1.82, 2.24) is 0 Å². The minimum Gasteiger partial charge on any atom is -0.396 e. The van der Waals surface area contributed by atoms with Gasteiger partial charge in [0.1, 0.15) is 0 Å². The number of aliphatic hydroxyl groups is 1. The molecule has 0 radical (unpaired) electrons. The maximum absolute atomic E-state index is 8.63. The number of hydrogen-bond donors (Lipinski definition) is 2. The molecule has 12 heavy (non-hydrogen) atoms. The fourth-order valence-electron chi connectivity index (χ4n) is 1.18. The summed E-state index contributed by atoms with van der Waals surface area (Å²) >= 11 is 0. The Morgan fingerprint density at radius 1 is 1.25 bits per heavy atom. The van der Waals surface area contributed by atoms with Gasteiger partial charge in [-0.3, -0.25) is 0 Å². The summed E-state index contributed by atoms with van der Waals surface area (Å²) in [6.45, 7) is 0.175. The van der Waals surface area contributed by atoms with E-state index in [4.69, 9.17) is 10.8 Å². The first-order valence-corrected chi connectivity index (χ1v) is 4.23. The van der Waals surface area contributed by atoms with Crippen LogP contribution in [0.25, 0.3) is 0 Å². The van der Waals surface area contributed by atoms with Crippen molar-refractivity contribution in [3.8, 4) is 0 Å². The van der Waals surface area contributed by atoms with E-state index < -0.39 is 0 Å². The molecule has 0 aliphatic carbocycles. The van der Waals surface area contributed by atoms with Gasteiger partial charge in [-0.25, -0.2) is 0 Å². The molecule has 1 aromatic carbocycles. The third kappa shape index (κ3) is 3.03. The summed E-state index contributed by atoms with van der Waals surface area (Å²) in [5.41, 5.74) is 6.99. The molecule has 1 atom stereocenters. The van der Waals surface area contributed by atoms with E-state index in [0.717, 1.165) is 6.42 Å². The topological polar surface area (TPSA) is 46.2 Å². The molecule has 0 fully saturated rings.